The first-order chi connectivity index (χ1) is 25.3. The molecule has 0 aliphatic carbocycles. The first kappa shape index (κ1) is 37.2. The van der Waals surface area contributed by atoms with E-state index in [1.165, 1.54) is 35.2 Å². The van der Waals surface area contributed by atoms with Crippen molar-refractivity contribution in [2.75, 3.05) is 0 Å². The van der Waals surface area contributed by atoms with Crippen LogP contribution in [-0.4, -0.2) is 26.5 Å². The van der Waals surface area contributed by atoms with Gasteiger partial charge in [0.1, 0.15) is 0 Å². The molecule has 0 nitrogen and oxygen atoms in total. The molecular weight excluding hydrogens is 816 g/mol. The van der Waals surface area contributed by atoms with Crippen molar-refractivity contribution in [3.05, 3.63) is 231 Å². The molecule has 8 rings (SSSR count). The maximum absolute atomic E-state index is 4.89. The summed E-state index contributed by atoms with van der Waals surface area (Å²) in [6, 6.07) is 84.4. The average Bonchev–Trinajstić information content (AvgIpc) is 3.96. The van der Waals surface area contributed by atoms with E-state index in [1.807, 2.05) is 0 Å². The van der Waals surface area contributed by atoms with E-state index in [0.29, 0.717) is 0 Å². The van der Waals surface area contributed by atoms with E-state index in [1.54, 1.807) is 0 Å². The Kier molecular flexibility index (Phi) is 13.7. The second-order valence-electron chi connectivity index (χ2n) is 12.1. The molecular formula is C46H38Cl2Ge2Ti-2. The van der Waals surface area contributed by atoms with Crippen LogP contribution in [0, 0.1) is 0 Å². The molecule has 0 aliphatic heterocycles. The molecule has 51 heavy (non-hydrogen) atoms. The minimum atomic E-state index is -2.93. The molecule has 0 saturated heterocycles. The van der Waals surface area contributed by atoms with E-state index in [4.69, 9.17) is 18.6 Å². The molecule has 0 N–H and O–H groups in total. The molecule has 250 valence electrons. The number of rotatable bonds is 8. The van der Waals surface area contributed by atoms with Crippen molar-refractivity contribution in [1.29, 1.82) is 0 Å². The molecule has 5 heteroatoms. The van der Waals surface area contributed by atoms with Gasteiger partial charge >= 0.3 is 328 Å². The Balaban J connectivity index is 0.000000163. The van der Waals surface area contributed by atoms with Crippen LogP contribution in [0.25, 0.3) is 0 Å². The van der Waals surface area contributed by atoms with Crippen molar-refractivity contribution >= 4 is 80.3 Å². The molecule has 0 atom stereocenters. The van der Waals surface area contributed by atoms with Crippen LogP contribution < -0.4 is 35.2 Å². The standard InChI is InChI=1S/2C23H19Ge.2ClH.Ti/c2*1-4-12-20(13-5-1)24(23-18-10-11-19-23,21-14-6-2-7-15-21)22-16-8-3-9-17-22;;;/h2*1-19H;2*1H;/q2*-1;;;+2/p-2. The van der Waals surface area contributed by atoms with Crippen molar-refractivity contribution in [2.24, 2.45) is 0 Å². The van der Waals surface area contributed by atoms with Gasteiger partial charge in [-0.15, -0.1) is 0 Å². The maximum atomic E-state index is 4.89. The summed E-state index contributed by atoms with van der Waals surface area (Å²) in [4.78, 5) is 0. The van der Waals surface area contributed by atoms with Gasteiger partial charge in [0.25, 0.3) is 0 Å². The van der Waals surface area contributed by atoms with E-state index in [-0.39, 0.29) is 0 Å². The second-order valence-corrected chi connectivity index (χ2v) is 30.7. The quantitative estimate of drug-likeness (QED) is 0.115. The summed E-state index contributed by atoms with van der Waals surface area (Å²) in [5, 5.41) is 0. The molecule has 0 radical (unpaired) electrons. The van der Waals surface area contributed by atoms with Crippen molar-refractivity contribution in [2.45, 2.75) is 0 Å². The molecule has 8 aromatic rings. The molecule has 0 saturated carbocycles. The molecule has 0 spiro atoms. The van der Waals surface area contributed by atoms with Gasteiger partial charge in [-0.25, -0.2) is 0 Å². The summed E-state index contributed by atoms with van der Waals surface area (Å²) in [5.41, 5.74) is 0. The fourth-order valence-corrected chi connectivity index (χ4v) is 27.4. The van der Waals surface area contributed by atoms with Gasteiger partial charge in [0.2, 0.25) is 0 Å². The number of hydrogen-bond donors (Lipinski definition) is 0. The zero-order chi connectivity index (χ0) is 35.2. The Morgan fingerprint density at radius 3 is 0.588 bits per heavy atom. The summed E-state index contributed by atoms with van der Waals surface area (Å²) >= 11 is -6.42. The van der Waals surface area contributed by atoms with Gasteiger partial charge in [0.05, 0.1) is 0 Å². The minimum absolute atomic E-state index is 0.556. The number of hydrogen-bond acceptors (Lipinski definition) is 0. The van der Waals surface area contributed by atoms with Gasteiger partial charge < -0.3 is 0 Å². The molecule has 0 unspecified atom stereocenters. The van der Waals surface area contributed by atoms with Crippen LogP contribution in [0.15, 0.2) is 231 Å². The summed E-state index contributed by atoms with van der Waals surface area (Å²) in [5.74, 6) is 0. The van der Waals surface area contributed by atoms with Crippen molar-refractivity contribution in [3.8, 4) is 0 Å². The Morgan fingerprint density at radius 2 is 0.431 bits per heavy atom. The molecule has 8 aromatic carbocycles. The van der Waals surface area contributed by atoms with E-state index in [9.17, 15) is 0 Å². The Hall–Kier alpha value is -3.60. The summed E-state index contributed by atoms with van der Waals surface area (Å²) in [7, 11) is 9.78. The predicted octanol–water partition coefficient (Wildman–Crippen LogP) is 6.94. The zero-order valence-electron chi connectivity index (χ0n) is 28.2. The van der Waals surface area contributed by atoms with E-state index < -0.39 is 43.6 Å². The predicted molar refractivity (Wildman–Crippen MR) is 223 cm³/mol. The monoisotopic (exact) mass is 856 g/mol. The first-order valence-electron chi connectivity index (χ1n) is 17.0. The zero-order valence-corrected chi connectivity index (χ0v) is 35.5. The molecule has 0 aromatic heterocycles. The van der Waals surface area contributed by atoms with Crippen LogP contribution in [0.1, 0.15) is 0 Å². The van der Waals surface area contributed by atoms with E-state index in [0.717, 1.165) is 0 Å². The Bertz CT molecular complexity index is 1760. The van der Waals surface area contributed by atoms with Crippen LogP contribution >= 0.6 is 18.6 Å². The molecule has 0 aliphatic rings. The van der Waals surface area contributed by atoms with Crippen LogP contribution in [0.3, 0.4) is 0 Å². The van der Waals surface area contributed by atoms with Crippen LogP contribution in [0.4, 0.5) is 0 Å². The number of benzene rings is 6. The van der Waals surface area contributed by atoms with E-state index in [2.05, 4.69) is 231 Å². The normalized spacial score (nSPS) is 10.9. The number of halogens is 2. The summed E-state index contributed by atoms with van der Waals surface area (Å²) < 4.78 is 11.8. The SMILES string of the molecule is [Cl][Ti][Cl].c1cc[c]([Ge]([c]2ccccc2)([c]2ccccc2)[c-]2cccc2)cc1.c1cc[c]([Ge]([c]2ccccc2)([c]2ccccc2)[c-]2cccc2)cc1. The Morgan fingerprint density at radius 1 is 0.275 bits per heavy atom. The molecule has 0 heterocycles. The van der Waals surface area contributed by atoms with E-state index >= 15 is 0 Å². The fraction of sp³-hybridized carbons (Fsp3) is 0. The van der Waals surface area contributed by atoms with Crippen LogP contribution in [-0.2, 0) is 17.0 Å². The van der Waals surface area contributed by atoms with Gasteiger partial charge in [-0.3, -0.25) is 0 Å². The van der Waals surface area contributed by atoms with Gasteiger partial charge in [-0.2, -0.15) is 0 Å². The topological polar surface area (TPSA) is 0 Å². The first-order valence-corrected chi connectivity index (χ1v) is 29.7. The van der Waals surface area contributed by atoms with Crippen molar-refractivity contribution in [1.82, 2.24) is 0 Å². The van der Waals surface area contributed by atoms with Gasteiger partial charge in [0.15, 0.2) is 0 Å². The van der Waals surface area contributed by atoms with Crippen LogP contribution in [0.2, 0.25) is 0 Å². The third kappa shape index (κ3) is 8.08. The molecule has 0 amide bonds. The fourth-order valence-electron chi connectivity index (χ4n) is 7.38. The third-order valence-corrected chi connectivity index (χ3v) is 29.6. The van der Waals surface area contributed by atoms with Gasteiger partial charge in [0, 0.05) is 0 Å². The van der Waals surface area contributed by atoms with Crippen molar-refractivity contribution < 1.29 is 17.0 Å². The summed E-state index contributed by atoms with van der Waals surface area (Å²) in [6.45, 7) is 0. The molecule has 0 fully saturated rings. The van der Waals surface area contributed by atoms with Gasteiger partial charge in [-0.05, 0) is 0 Å². The summed E-state index contributed by atoms with van der Waals surface area (Å²) in [6.07, 6.45) is 0. The van der Waals surface area contributed by atoms with Crippen molar-refractivity contribution in [3.63, 3.8) is 0 Å². The van der Waals surface area contributed by atoms with Crippen LogP contribution in [0.5, 0.6) is 0 Å². The second kappa shape index (κ2) is 18.8. The Labute approximate surface area is 324 Å². The average molecular weight is 855 g/mol. The van der Waals surface area contributed by atoms with Gasteiger partial charge in [-0.1, -0.05) is 0 Å². The molecule has 0 bridgehead atoms. The third-order valence-electron chi connectivity index (χ3n) is 9.43.